The van der Waals surface area contributed by atoms with E-state index in [2.05, 4.69) is 27.8 Å². The number of tetrazole rings is 1. The van der Waals surface area contributed by atoms with Crippen LogP contribution in [0.2, 0.25) is 0 Å². The van der Waals surface area contributed by atoms with Gasteiger partial charge in [-0.2, -0.15) is 4.68 Å². The standard InChI is InChI=1S/C13H19N5O/c1-5-14-10(3)13-15-16-17-18(13)11-8-9(2)6-7-12(11)19-4/h6-8,10,14H,5H2,1-4H3. The molecule has 0 aliphatic heterocycles. The molecular weight excluding hydrogens is 242 g/mol. The number of hydrogen-bond donors (Lipinski definition) is 1. The molecule has 1 unspecified atom stereocenters. The molecule has 0 fully saturated rings. The highest BCUT2D eigenvalue weighted by molar-refractivity contribution is 5.48. The van der Waals surface area contributed by atoms with Gasteiger partial charge in [0.05, 0.1) is 13.2 Å². The Morgan fingerprint density at radius 1 is 1.42 bits per heavy atom. The maximum Gasteiger partial charge on any atom is 0.173 e. The third-order valence-corrected chi connectivity index (χ3v) is 2.95. The molecule has 0 aliphatic carbocycles. The van der Waals surface area contributed by atoms with Gasteiger partial charge in [-0.1, -0.05) is 13.0 Å². The fraction of sp³-hybridized carbons (Fsp3) is 0.462. The molecule has 19 heavy (non-hydrogen) atoms. The Kier molecular flexibility index (Phi) is 4.11. The van der Waals surface area contributed by atoms with Crippen LogP contribution in [0.15, 0.2) is 18.2 Å². The summed E-state index contributed by atoms with van der Waals surface area (Å²) in [5, 5.41) is 15.3. The van der Waals surface area contributed by atoms with Gasteiger partial charge in [-0.25, -0.2) is 0 Å². The van der Waals surface area contributed by atoms with Crippen LogP contribution in [0.1, 0.15) is 31.3 Å². The number of ether oxygens (including phenoxy) is 1. The van der Waals surface area contributed by atoms with Crippen LogP contribution in [-0.4, -0.2) is 33.9 Å². The number of hydrogen-bond acceptors (Lipinski definition) is 5. The molecule has 0 aliphatic rings. The summed E-state index contributed by atoms with van der Waals surface area (Å²) in [6, 6.07) is 6.01. The lowest BCUT2D eigenvalue weighted by atomic mass is 10.2. The van der Waals surface area contributed by atoms with Gasteiger partial charge in [-0.05, 0) is 48.5 Å². The van der Waals surface area contributed by atoms with Crippen molar-refractivity contribution in [3.63, 3.8) is 0 Å². The Labute approximate surface area is 112 Å². The van der Waals surface area contributed by atoms with Crippen molar-refractivity contribution in [1.29, 1.82) is 0 Å². The van der Waals surface area contributed by atoms with Crippen molar-refractivity contribution in [2.45, 2.75) is 26.8 Å². The molecule has 1 atom stereocenters. The zero-order valence-electron chi connectivity index (χ0n) is 11.7. The molecule has 0 saturated carbocycles. The van der Waals surface area contributed by atoms with Gasteiger partial charge in [0.1, 0.15) is 11.4 Å². The van der Waals surface area contributed by atoms with Crippen LogP contribution in [0.5, 0.6) is 5.75 Å². The summed E-state index contributed by atoms with van der Waals surface area (Å²) < 4.78 is 7.10. The number of nitrogens with one attached hydrogen (secondary N) is 1. The first-order valence-corrected chi connectivity index (χ1v) is 6.34. The van der Waals surface area contributed by atoms with E-state index < -0.39 is 0 Å². The van der Waals surface area contributed by atoms with Crippen molar-refractivity contribution < 1.29 is 4.74 Å². The van der Waals surface area contributed by atoms with E-state index >= 15 is 0 Å². The molecule has 0 spiro atoms. The summed E-state index contributed by atoms with van der Waals surface area (Å²) >= 11 is 0. The molecule has 1 aromatic carbocycles. The van der Waals surface area contributed by atoms with E-state index in [9.17, 15) is 0 Å². The second-order valence-corrected chi connectivity index (χ2v) is 4.40. The molecule has 0 bridgehead atoms. The lowest BCUT2D eigenvalue weighted by molar-refractivity contribution is 0.410. The van der Waals surface area contributed by atoms with Gasteiger partial charge < -0.3 is 10.1 Å². The predicted molar refractivity (Wildman–Crippen MR) is 72.5 cm³/mol. The molecule has 0 saturated heterocycles. The quantitative estimate of drug-likeness (QED) is 0.886. The van der Waals surface area contributed by atoms with Crippen LogP contribution in [-0.2, 0) is 0 Å². The first-order chi connectivity index (χ1) is 9.17. The third-order valence-electron chi connectivity index (χ3n) is 2.95. The van der Waals surface area contributed by atoms with E-state index in [-0.39, 0.29) is 6.04 Å². The Bertz CT molecular complexity index is 552. The molecule has 6 heteroatoms. The van der Waals surface area contributed by atoms with Gasteiger partial charge in [0.15, 0.2) is 5.82 Å². The van der Waals surface area contributed by atoms with Gasteiger partial charge in [0.2, 0.25) is 0 Å². The van der Waals surface area contributed by atoms with E-state index in [4.69, 9.17) is 4.74 Å². The largest absolute Gasteiger partial charge is 0.494 e. The number of aromatic nitrogens is 4. The fourth-order valence-corrected chi connectivity index (χ4v) is 2.00. The summed E-state index contributed by atoms with van der Waals surface area (Å²) in [7, 11) is 1.64. The first-order valence-electron chi connectivity index (χ1n) is 6.34. The number of benzene rings is 1. The van der Waals surface area contributed by atoms with Gasteiger partial charge in [-0.3, -0.25) is 0 Å². The monoisotopic (exact) mass is 261 g/mol. The SMILES string of the molecule is CCNC(C)c1nnnn1-c1cc(C)ccc1OC. The van der Waals surface area contributed by atoms with E-state index in [1.807, 2.05) is 32.0 Å². The van der Waals surface area contributed by atoms with E-state index in [1.54, 1.807) is 11.8 Å². The predicted octanol–water partition coefficient (Wildman–Crippen LogP) is 1.65. The van der Waals surface area contributed by atoms with Crippen LogP contribution >= 0.6 is 0 Å². The van der Waals surface area contributed by atoms with E-state index in [1.165, 1.54) is 0 Å². The molecular formula is C13H19N5O. The van der Waals surface area contributed by atoms with Crippen LogP contribution in [0.3, 0.4) is 0 Å². The Morgan fingerprint density at radius 3 is 2.89 bits per heavy atom. The maximum atomic E-state index is 5.38. The van der Waals surface area contributed by atoms with Crippen molar-refractivity contribution in [3.8, 4) is 11.4 Å². The summed E-state index contributed by atoms with van der Waals surface area (Å²) in [5.74, 6) is 1.52. The second-order valence-electron chi connectivity index (χ2n) is 4.40. The molecule has 0 amide bonds. The third kappa shape index (κ3) is 2.73. The number of aryl methyl sites for hydroxylation is 1. The van der Waals surface area contributed by atoms with Crippen LogP contribution in [0.4, 0.5) is 0 Å². The maximum absolute atomic E-state index is 5.38. The molecule has 1 N–H and O–H groups in total. The summed E-state index contributed by atoms with van der Waals surface area (Å²) in [6.07, 6.45) is 0. The van der Waals surface area contributed by atoms with Crippen LogP contribution < -0.4 is 10.1 Å². The minimum absolute atomic E-state index is 0.0743. The molecule has 6 nitrogen and oxygen atoms in total. The lowest BCUT2D eigenvalue weighted by Crippen LogP contribution is -2.21. The minimum Gasteiger partial charge on any atom is -0.494 e. The molecule has 2 rings (SSSR count). The summed E-state index contributed by atoms with van der Waals surface area (Å²) in [6.45, 7) is 6.98. The van der Waals surface area contributed by atoms with Crippen molar-refractivity contribution >= 4 is 0 Å². The van der Waals surface area contributed by atoms with E-state index in [0.717, 1.165) is 29.4 Å². The van der Waals surface area contributed by atoms with Gasteiger partial charge in [0, 0.05) is 0 Å². The van der Waals surface area contributed by atoms with Gasteiger partial charge in [-0.15, -0.1) is 5.10 Å². The first kappa shape index (κ1) is 13.5. The Morgan fingerprint density at radius 2 is 2.21 bits per heavy atom. The van der Waals surface area contributed by atoms with Crippen LogP contribution in [0, 0.1) is 6.92 Å². The lowest BCUT2D eigenvalue weighted by Gasteiger charge is -2.14. The van der Waals surface area contributed by atoms with E-state index in [0.29, 0.717) is 0 Å². The number of rotatable bonds is 5. The average Bonchev–Trinajstić information content (AvgIpc) is 2.88. The molecule has 102 valence electrons. The molecule has 1 aromatic heterocycles. The topological polar surface area (TPSA) is 64.9 Å². The second kappa shape index (κ2) is 5.79. The van der Waals surface area contributed by atoms with Crippen molar-refractivity contribution in [2.24, 2.45) is 0 Å². The number of methoxy groups -OCH3 is 1. The molecule has 2 aromatic rings. The van der Waals surface area contributed by atoms with Crippen molar-refractivity contribution in [1.82, 2.24) is 25.5 Å². The molecule has 1 heterocycles. The zero-order chi connectivity index (χ0) is 13.8. The van der Waals surface area contributed by atoms with Crippen LogP contribution in [0.25, 0.3) is 5.69 Å². The van der Waals surface area contributed by atoms with Crippen molar-refractivity contribution in [3.05, 3.63) is 29.6 Å². The highest BCUT2D eigenvalue weighted by atomic mass is 16.5. The summed E-state index contributed by atoms with van der Waals surface area (Å²) in [4.78, 5) is 0. The number of nitrogens with zero attached hydrogens (tertiary/aromatic N) is 4. The zero-order valence-corrected chi connectivity index (χ0v) is 11.7. The highest BCUT2D eigenvalue weighted by Crippen LogP contribution is 2.25. The normalized spacial score (nSPS) is 12.4. The minimum atomic E-state index is 0.0743. The summed E-state index contributed by atoms with van der Waals surface area (Å²) in [5.41, 5.74) is 1.99. The Balaban J connectivity index is 2.47. The van der Waals surface area contributed by atoms with Gasteiger partial charge >= 0.3 is 0 Å². The fourth-order valence-electron chi connectivity index (χ4n) is 2.00. The molecule has 0 radical (unpaired) electrons. The highest BCUT2D eigenvalue weighted by Gasteiger charge is 2.17. The Hall–Kier alpha value is -1.95. The average molecular weight is 261 g/mol. The smallest absolute Gasteiger partial charge is 0.173 e. The van der Waals surface area contributed by atoms with Crippen molar-refractivity contribution in [2.75, 3.05) is 13.7 Å². The van der Waals surface area contributed by atoms with Gasteiger partial charge in [0.25, 0.3) is 0 Å².